The standard InChI is InChI=1S/C22H25NO3S/c1-15-9-20-17(11-22(24)26-21(20)10-16(15)2)12-23(13-18-5-3-7-25-18)14-19-6-4-8-27-19/h4,6,8-11,18H,3,5,7,12-14H2,1-2H3/t18-/m0/s1. The molecule has 4 nitrogen and oxygen atoms in total. The molecule has 1 aliphatic rings. The number of hydrogen-bond acceptors (Lipinski definition) is 5. The van der Waals surface area contributed by atoms with Crippen LogP contribution < -0.4 is 5.63 Å². The topological polar surface area (TPSA) is 42.7 Å². The number of hydrogen-bond donors (Lipinski definition) is 0. The number of thiophene rings is 1. The van der Waals surface area contributed by atoms with Gasteiger partial charge in [-0.25, -0.2) is 4.79 Å². The van der Waals surface area contributed by atoms with E-state index >= 15 is 0 Å². The average molecular weight is 384 g/mol. The second-order valence-corrected chi connectivity index (χ2v) is 8.44. The van der Waals surface area contributed by atoms with Crippen LogP contribution in [0.3, 0.4) is 0 Å². The van der Waals surface area contributed by atoms with E-state index in [-0.39, 0.29) is 11.7 Å². The third-order valence-corrected chi connectivity index (χ3v) is 6.14. The molecule has 4 rings (SSSR count). The molecular weight excluding hydrogens is 358 g/mol. The average Bonchev–Trinajstić information content (AvgIpc) is 3.30. The summed E-state index contributed by atoms with van der Waals surface area (Å²) in [4.78, 5) is 15.9. The third-order valence-electron chi connectivity index (χ3n) is 5.28. The van der Waals surface area contributed by atoms with Crippen LogP contribution in [0.1, 0.15) is 34.4 Å². The van der Waals surface area contributed by atoms with Gasteiger partial charge in [-0.1, -0.05) is 6.07 Å². The molecule has 0 amide bonds. The Balaban J connectivity index is 1.66. The molecule has 1 aromatic carbocycles. The molecule has 0 spiro atoms. The van der Waals surface area contributed by atoms with Crippen molar-refractivity contribution in [3.8, 4) is 0 Å². The predicted octanol–water partition coefficient (Wildman–Crippen LogP) is 4.65. The van der Waals surface area contributed by atoms with Crippen LogP contribution in [0.2, 0.25) is 0 Å². The van der Waals surface area contributed by atoms with Crippen molar-refractivity contribution >= 4 is 22.3 Å². The maximum atomic E-state index is 12.1. The first-order valence-electron chi connectivity index (χ1n) is 9.49. The van der Waals surface area contributed by atoms with Gasteiger partial charge in [0, 0.05) is 42.6 Å². The van der Waals surface area contributed by atoms with Gasteiger partial charge in [-0.05, 0) is 67.0 Å². The van der Waals surface area contributed by atoms with Crippen molar-refractivity contribution in [3.63, 3.8) is 0 Å². The van der Waals surface area contributed by atoms with E-state index < -0.39 is 0 Å². The molecule has 0 aliphatic carbocycles. The van der Waals surface area contributed by atoms with E-state index in [1.165, 1.54) is 10.4 Å². The van der Waals surface area contributed by atoms with Gasteiger partial charge in [0.15, 0.2) is 0 Å². The van der Waals surface area contributed by atoms with Crippen molar-refractivity contribution in [2.45, 2.75) is 45.9 Å². The number of benzene rings is 1. The van der Waals surface area contributed by atoms with E-state index in [9.17, 15) is 4.79 Å². The zero-order valence-corrected chi connectivity index (χ0v) is 16.7. The summed E-state index contributed by atoms with van der Waals surface area (Å²) >= 11 is 1.77. The summed E-state index contributed by atoms with van der Waals surface area (Å²) in [6, 6.07) is 10.0. The quantitative estimate of drug-likeness (QED) is 0.581. The Kier molecular flexibility index (Phi) is 5.43. The van der Waals surface area contributed by atoms with E-state index in [1.807, 2.05) is 13.0 Å². The van der Waals surface area contributed by atoms with Gasteiger partial charge in [0.1, 0.15) is 5.58 Å². The smallest absolute Gasteiger partial charge is 0.336 e. The minimum Gasteiger partial charge on any atom is -0.423 e. The van der Waals surface area contributed by atoms with Crippen molar-refractivity contribution in [1.29, 1.82) is 0 Å². The van der Waals surface area contributed by atoms with Crippen LogP contribution in [0, 0.1) is 13.8 Å². The van der Waals surface area contributed by atoms with Gasteiger partial charge in [-0.3, -0.25) is 4.90 Å². The van der Waals surface area contributed by atoms with Crippen molar-refractivity contribution in [2.24, 2.45) is 0 Å². The van der Waals surface area contributed by atoms with Crippen LogP contribution in [-0.4, -0.2) is 24.2 Å². The summed E-state index contributed by atoms with van der Waals surface area (Å²) in [5.41, 5.74) is 3.76. The number of fused-ring (bicyclic) bond motifs is 1. The second kappa shape index (κ2) is 7.97. The van der Waals surface area contributed by atoms with E-state index in [2.05, 4.69) is 35.4 Å². The Bertz CT molecular complexity index is 971. The number of rotatable bonds is 6. The van der Waals surface area contributed by atoms with E-state index in [0.29, 0.717) is 12.1 Å². The number of aryl methyl sites for hydroxylation is 2. The first-order chi connectivity index (χ1) is 13.1. The maximum Gasteiger partial charge on any atom is 0.336 e. The van der Waals surface area contributed by atoms with Gasteiger partial charge in [-0.15, -0.1) is 11.3 Å². The Labute approximate surface area is 163 Å². The largest absolute Gasteiger partial charge is 0.423 e. The van der Waals surface area contributed by atoms with E-state index in [4.69, 9.17) is 9.15 Å². The summed E-state index contributed by atoms with van der Waals surface area (Å²) in [5, 5.41) is 3.14. The molecule has 0 unspecified atom stereocenters. The van der Waals surface area contributed by atoms with Crippen molar-refractivity contribution in [3.05, 3.63) is 67.7 Å². The molecule has 0 saturated carbocycles. The highest BCUT2D eigenvalue weighted by Gasteiger charge is 2.21. The normalized spacial score (nSPS) is 17.2. The lowest BCUT2D eigenvalue weighted by molar-refractivity contribution is 0.0683. The van der Waals surface area contributed by atoms with Crippen LogP contribution in [0.5, 0.6) is 0 Å². The van der Waals surface area contributed by atoms with E-state index in [0.717, 1.165) is 49.1 Å². The molecule has 0 radical (unpaired) electrons. The highest BCUT2D eigenvalue weighted by molar-refractivity contribution is 7.09. The fourth-order valence-corrected chi connectivity index (χ4v) is 4.49. The van der Waals surface area contributed by atoms with E-state index in [1.54, 1.807) is 17.4 Å². The molecule has 1 saturated heterocycles. The van der Waals surface area contributed by atoms with Crippen LogP contribution in [0.4, 0.5) is 0 Å². The zero-order valence-electron chi connectivity index (χ0n) is 15.9. The van der Waals surface area contributed by atoms with Crippen LogP contribution in [0.25, 0.3) is 11.0 Å². The molecule has 5 heteroatoms. The molecule has 0 N–H and O–H groups in total. The summed E-state index contributed by atoms with van der Waals surface area (Å²) in [5.74, 6) is 0. The van der Waals surface area contributed by atoms with Gasteiger partial charge < -0.3 is 9.15 Å². The van der Waals surface area contributed by atoms with Crippen molar-refractivity contribution in [2.75, 3.05) is 13.2 Å². The zero-order chi connectivity index (χ0) is 18.8. The first-order valence-corrected chi connectivity index (χ1v) is 10.4. The monoisotopic (exact) mass is 383 g/mol. The fraction of sp³-hybridized carbons (Fsp3) is 0.409. The highest BCUT2D eigenvalue weighted by Crippen LogP contribution is 2.25. The molecule has 2 aromatic heterocycles. The molecule has 3 heterocycles. The van der Waals surface area contributed by atoms with Crippen molar-refractivity contribution < 1.29 is 9.15 Å². The van der Waals surface area contributed by atoms with Gasteiger partial charge in [0.25, 0.3) is 0 Å². The number of nitrogens with zero attached hydrogens (tertiary/aromatic N) is 1. The summed E-state index contributed by atoms with van der Waals surface area (Å²) in [6.07, 6.45) is 2.52. The van der Waals surface area contributed by atoms with Gasteiger partial charge in [-0.2, -0.15) is 0 Å². The molecule has 27 heavy (non-hydrogen) atoms. The summed E-state index contributed by atoms with van der Waals surface area (Å²) in [7, 11) is 0. The SMILES string of the molecule is Cc1cc2oc(=O)cc(CN(Cc3cccs3)C[C@@H]3CCCO3)c2cc1C. The fourth-order valence-electron chi connectivity index (χ4n) is 3.74. The molecule has 1 aliphatic heterocycles. The van der Waals surface area contributed by atoms with Gasteiger partial charge in [0.2, 0.25) is 0 Å². The van der Waals surface area contributed by atoms with Crippen LogP contribution in [0.15, 0.2) is 44.9 Å². The summed E-state index contributed by atoms with van der Waals surface area (Å²) < 4.78 is 11.3. The molecular formula is C22H25NO3S. The minimum absolute atomic E-state index is 0.278. The highest BCUT2D eigenvalue weighted by atomic mass is 32.1. The Morgan fingerprint density at radius 3 is 2.78 bits per heavy atom. The van der Waals surface area contributed by atoms with Gasteiger partial charge >= 0.3 is 5.63 Å². The first kappa shape index (κ1) is 18.4. The second-order valence-electron chi connectivity index (χ2n) is 7.41. The Morgan fingerprint density at radius 2 is 2.04 bits per heavy atom. The summed E-state index contributed by atoms with van der Waals surface area (Å²) in [6.45, 7) is 7.45. The lowest BCUT2D eigenvalue weighted by atomic mass is 10.0. The molecule has 142 valence electrons. The Hall–Kier alpha value is -1.95. The molecule has 0 bridgehead atoms. The molecule has 3 aromatic rings. The maximum absolute atomic E-state index is 12.1. The molecule has 1 atom stereocenters. The van der Waals surface area contributed by atoms with Gasteiger partial charge in [0.05, 0.1) is 6.10 Å². The lowest BCUT2D eigenvalue weighted by Crippen LogP contribution is -2.31. The minimum atomic E-state index is -0.283. The van der Waals surface area contributed by atoms with Crippen LogP contribution >= 0.6 is 11.3 Å². The van der Waals surface area contributed by atoms with Crippen LogP contribution in [-0.2, 0) is 17.8 Å². The Morgan fingerprint density at radius 1 is 1.19 bits per heavy atom. The predicted molar refractivity (Wildman–Crippen MR) is 109 cm³/mol. The molecule has 1 fully saturated rings. The van der Waals surface area contributed by atoms with Crippen molar-refractivity contribution in [1.82, 2.24) is 4.90 Å². The third kappa shape index (κ3) is 4.32. The lowest BCUT2D eigenvalue weighted by Gasteiger charge is -2.25. The number of ether oxygens (including phenoxy) is 1.